The normalized spacial score (nSPS) is 11.5. The van der Waals surface area contributed by atoms with Gasteiger partial charge >= 0.3 is 0 Å². The molecule has 0 heterocycles. The van der Waals surface area contributed by atoms with E-state index in [4.69, 9.17) is 16.3 Å². The zero-order valence-corrected chi connectivity index (χ0v) is 17.8. The first-order valence-corrected chi connectivity index (χ1v) is 10.9. The van der Waals surface area contributed by atoms with Gasteiger partial charge in [0.05, 0.1) is 17.7 Å². The lowest BCUT2D eigenvalue weighted by Crippen LogP contribution is -2.30. The minimum absolute atomic E-state index is 0.180. The Morgan fingerprint density at radius 3 is 2.32 bits per heavy atom. The SMILES string of the molecule is CCN(CC)S(=O)(=O)c1ccc(CCC(=O)Nc2cc(Cl)ccc2OC)cc1. The minimum Gasteiger partial charge on any atom is -0.495 e. The molecule has 0 unspecified atom stereocenters. The van der Waals surface area contributed by atoms with E-state index in [1.54, 1.807) is 42.5 Å². The second-order valence-electron chi connectivity index (χ2n) is 6.13. The number of benzene rings is 2. The second-order valence-corrected chi connectivity index (χ2v) is 8.50. The zero-order valence-electron chi connectivity index (χ0n) is 16.2. The third kappa shape index (κ3) is 5.47. The van der Waals surface area contributed by atoms with Crippen LogP contribution in [0.1, 0.15) is 25.8 Å². The summed E-state index contributed by atoms with van der Waals surface area (Å²) < 4.78 is 31.6. The second kappa shape index (κ2) is 9.91. The smallest absolute Gasteiger partial charge is 0.243 e. The van der Waals surface area contributed by atoms with Crippen LogP contribution >= 0.6 is 11.6 Å². The first kappa shape index (κ1) is 22.2. The molecule has 0 saturated heterocycles. The molecule has 0 aliphatic rings. The van der Waals surface area contributed by atoms with Gasteiger partial charge in [0.15, 0.2) is 0 Å². The van der Waals surface area contributed by atoms with Crippen molar-refractivity contribution in [3.05, 3.63) is 53.1 Å². The number of nitrogens with one attached hydrogen (secondary N) is 1. The van der Waals surface area contributed by atoms with Crippen molar-refractivity contribution in [2.24, 2.45) is 0 Å². The fraction of sp³-hybridized carbons (Fsp3) is 0.350. The van der Waals surface area contributed by atoms with Crippen molar-refractivity contribution >= 4 is 33.2 Å². The van der Waals surface area contributed by atoms with Gasteiger partial charge in [0.2, 0.25) is 15.9 Å². The van der Waals surface area contributed by atoms with Crippen LogP contribution in [0.4, 0.5) is 5.69 Å². The number of ether oxygens (including phenoxy) is 1. The molecule has 0 bridgehead atoms. The van der Waals surface area contributed by atoms with Gasteiger partial charge in [-0.2, -0.15) is 4.31 Å². The summed E-state index contributed by atoms with van der Waals surface area (Å²) in [5, 5.41) is 3.29. The number of rotatable bonds is 9. The first-order valence-electron chi connectivity index (χ1n) is 9.04. The van der Waals surface area contributed by atoms with Gasteiger partial charge in [-0.3, -0.25) is 4.79 Å². The number of halogens is 1. The molecule has 0 aliphatic heterocycles. The molecule has 0 radical (unpaired) electrons. The van der Waals surface area contributed by atoms with E-state index in [0.29, 0.717) is 36.0 Å². The van der Waals surface area contributed by atoms with Crippen molar-refractivity contribution < 1.29 is 17.9 Å². The van der Waals surface area contributed by atoms with Gasteiger partial charge in [0.25, 0.3) is 0 Å². The number of aryl methyl sites for hydroxylation is 1. The van der Waals surface area contributed by atoms with Crippen LogP contribution < -0.4 is 10.1 Å². The number of hydrogen-bond donors (Lipinski definition) is 1. The van der Waals surface area contributed by atoms with Gasteiger partial charge in [-0.25, -0.2) is 8.42 Å². The predicted octanol–water partition coefficient (Wildman–Crippen LogP) is 3.95. The molecule has 6 nitrogen and oxygen atoms in total. The lowest BCUT2D eigenvalue weighted by molar-refractivity contribution is -0.116. The maximum atomic E-state index is 12.5. The van der Waals surface area contributed by atoms with E-state index in [1.807, 2.05) is 13.8 Å². The number of methoxy groups -OCH3 is 1. The molecule has 2 aromatic carbocycles. The zero-order chi connectivity index (χ0) is 20.7. The van der Waals surface area contributed by atoms with Crippen LogP contribution in [0.5, 0.6) is 5.75 Å². The van der Waals surface area contributed by atoms with Crippen LogP contribution in [0.2, 0.25) is 5.02 Å². The van der Waals surface area contributed by atoms with Crippen LogP contribution in [0.25, 0.3) is 0 Å². The fourth-order valence-electron chi connectivity index (χ4n) is 2.79. The summed E-state index contributed by atoms with van der Waals surface area (Å²) in [5.41, 5.74) is 1.40. The Hall–Kier alpha value is -2.09. The Morgan fingerprint density at radius 1 is 1.11 bits per heavy atom. The maximum Gasteiger partial charge on any atom is 0.243 e. The molecule has 0 atom stereocenters. The number of carbonyl (C=O) groups is 1. The van der Waals surface area contributed by atoms with Gasteiger partial charge in [0, 0.05) is 24.5 Å². The molecule has 0 spiro atoms. The standard InChI is InChI=1S/C20H25ClN2O4S/c1-4-23(5-2)28(25,26)17-10-6-15(7-11-17)8-13-20(24)22-18-14-16(21)9-12-19(18)27-3/h6-7,9-12,14H,4-5,8,13H2,1-3H3,(H,22,24). The number of carbonyl (C=O) groups excluding carboxylic acids is 1. The maximum absolute atomic E-state index is 12.5. The lowest BCUT2D eigenvalue weighted by Gasteiger charge is -2.18. The third-order valence-corrected chi connectivity index (χ3v) is 6.64. The molecule has 0 saturated carbocycles. The quantitative estimate of drug-likeness (QED) is 0.661. The van der Waals surface area contributed by atoms with Gasteiger partial charge < -0.3 is 10.1 Å². The number of hydrogen-bond acceptors (Lipinski definition) is 4. The van der Waals surface area contributed by atoms with Crippen LogP contribution in [-0.4, -0.2) is 38.8 Å². The van der Waals surface area contributed by atoms with Crippen molar-refractivity contribution in [1.82, 2.24) is 4.31 Å². The fourth-order valence-corrected chi connectivity index (χ4v) is 4.42. The molecule has 0 aromatic heterocycles. The average Bonchev–Trinajstić information content (AvgIpc) is 2.67. The molecule has 28 heavy (non-hydrogen) atoms. The summed E-state index contributed by atoms with van der Waals surface area (Å²) in [6.45, 7) is 4.47. The summed E-state index contributed by atoms with van der Waals surface area (Å²) in [6.07, 6.45) is 0.734. The molecule has 8 heteroatoms. The molecule has 0 aliphatic carbocycles. The number of sulfonamides is 1. The van der Waals surface area contributed by atoms with Crippen LogP contribution in [0, 0.1) is 0 Å². The topological polar surface area (TPSA) is 75.7 Å². The summed E-state index contributed by atoms with van der Waals surface area (Å²) in [7, 11) is -1.95. The molecule has 0 fully saturated rings. The van der Waals surface area contributed by atoms with E-state index < -0.39 is 10.0 Å². The van der Waals surface area contributed by atoms with E-state index in [9.17, 15) is 13.2 Å². The summed E-state index contributed by atoms with van der Waals surface area (Å²) in [6, 6.07) is 11.6. The highest BCUT2D eigenvalue weighted by molar-refractivity contribution is 7.89. The number of nitrogens with zero attached hydrogens (tertiary/aromatic N) is 1. The molecule has 2 aromatic rings. The van der Waals surface area contributed by atoms with E-state index in [2.05, 4.69) is 5.32 Å². The largest absolute Gasteiger partial charge is 0.495 e. The lowest BCUT2D eigenvalue weighted by atomic mass is 10.1. The molecular formula is C20H25ClN2O4S. The highest BCUT2D eigenvalue weighted by Crippen LogP contribution is 2.27. The Bertz CT molecular complexity index is 910. The Morgan fingerprint density at radius 2 is 1.75 bits per heavy atom. The first-order chi connectivity index (χ1) is 13.3. The Labute approximate surface area is 171 Å². The van der Waals surface area contributed by atoms with Crippen LogP contribution in [0.3, 0.4) is 0 Å². The van der Waals surface area contributed by atoms with Gasteiger partial charge in [0.1, 0.15) is 5.75 Å². The summed E-state index contributed by atoms with van der Waals surface area (Å²) >= 11 is 5.97. The highest BCUT2D eigenvalue weighted by atomic mass is 35.5. The Balaban J connectivity index is 2.00. The van der Waals surface area contributed by atoms with Crippen molar-refractivity contribution in [2.75, 3.05) is 25.5 Å². The Kier molecular flexibility index (Phi) is 7.86. The van der Waals surface area contributed by atoms with Crippen LogP contribution in [0.15, 0.2) is 47.4 Å². The number of amides is 1. The molecule has 2 rings (SSSR count). The monoisotopic (exact) mass is 424 g/mol. The predicted molar refractivity (Wildman–Crippen MR) is 112 cm³/mol. The van der Waals surface area contributed by atoms with Gasteiger partial charge in [-0.1, -0.05) is 37.6 Å². The molecular weight excluding hydrogens is 400 g/mol. The van der Waals surface area contributed by atoms with Gasteiger partial charge in [-0.05, 0) is 42.3 Å². The molecule has 1 amide bonds. The highest BCUT2D eigenvalue weighted by Gasteiger charge is 2.21. The minimum atomic E-state index is -3.47. The van der Waals surface area contributed by atoms with Crippen molar-refractivity contribution in [1.29, 1.82) is 0 Å². The van der Waals surface area contributed by atoms with Crippen molar-refractivity contribution in [3.63, 3.8) is 0 Å². The average molecular weight is 425 g/mol. The van der Waals surface area contributed by atoms with Crippen molar-refractivity contribution in [2.45, 2.75) is 31.6 Å². The summed E-state index contributed by atoms with van der Waals surface area (Å²) in [4.78, 5) is 12.5. The third-order valence-electron chi connectivity index (χ3n) is 4.34. The van der Waals surface area contributed by atoms with E-state index >= 15 is 0 Å². The van der Waals surface area contributed by atoms with Gasteiger partial charge in [-0.15, -0.1) is 0 Å². The molecule has 1 N–H and O–H groups in total. The van der Waals surface area contributed by atoms with Crippen LogP contribution in [-0.2, 0) is 21.2 Å². The van der Waals surface area contributed by atoms with E-state index in [-0.39, 0.29) is 17.2 Å². The summed E-state index contributed by atoms with van der Waals surface area (Å²) in [5.74, 6) is 0.351. The number of anilines is 1. The van der Waals surface area contributed by atoms with E-state index in [0.717, 1.165) is 5.56 Å². The molecule has 152 valence electrons. The van der Waals surface area contributed by atoms with E-state index in [1.165, 1.54) is 11.4 Å². The van der Waals surface area contributed by atoms with Crippen molar-refractivity contribution in [3.8, 4) is 5.75 Å².